The van der Waals surface area contributed by atoms with Gasteiger partial charge in [-0.3, -0.25) is 4.79 Å². The van der Waals surface area contributed by atoms with Gasteiger partial charge in [-0.05, 0) is 30.3 Å². The van der Waals surface area contributed by atoms with Gasteiger partial charge in [0.05, 0.1) is 18.1 Å². The molecule has 0 atom stereocenters. The van der Waals surface area contributed by atoms with Gasteiger partial charge in [0.25, 0.3) is 5.91 Å². The number of hydrogen-bond donors (Lipinski definition) is 1. The van der Waals surface area contributed by atoms with Crippen LogP contribution in [0.2, 0.25) is 5.02 Å². The maximum absolute atomic E-state index is 11.9. The quantitative estimate of drug-likeness (QED) is 0.869. The number of halogens is 1. The molecule has 1 amide bonds. The van der Waals surface area contributed by atoms with Gasteiger partial charge in [0.1, 0.15) is 11.5 Å². The molecule has 0 bridgehead atoms. The van der Waals surface area contributed by atoms with Crippen molar-refractivity contribution >= 4 is 29.2 Å². The van der Waals surface area contributed by atoms with Gasteiger partial charge >= 0.3 is 0 Å². The Morgan fingerprint density at radius 2 is 1.91 bits per heavy atom. The number of carbonyl (C=O) groups is 2. The highest BCUT2D eigenvalue weighted by molar-refractivity contribution is 6.32. The molecule has 120 valence electrons. The second kappa shape index (κ2) is 7.51. The van der Waals surface area contributed by atoms with E-state index in [1.165, 1.54) is 31.4 Å². The fourth-order valence-corrected chi connectivity index (χ4v) is 2.10. The summed E-state index contributed by atoms with van der Waals surface area (Å²) < 4.78 is 10.2. The minimum absolute atomic E-state index is 0.0652. The van der Waals surface area contributed by atoms with Crippen LogP contribution < -0.4 is 19.9 Å². The Morgan fingerprint density at radius 1 is 1.17 bits per heavy atom. The van der Waals surface area contributed by atoms with Crippen LogP contribution >= 0.6 is 11.6 Å². The van der Waals surface area contributed by atoms with Gasteiger partial charge in [-0.1, -0.05) is 23.7 Å². The molecule has 1 N–H and O–H groups in total. The molecule has 2 aromatic carbocycles. The third-order valence-corrected chi connectivity index (χ3v) is 3.20. The maximum Gasteiger partial charge on any atom is 0.262 e. The number of rotatable bonds is 6. The topological polar surface area (TPSA) is 87.7 Å². The number of methoxy groups -OCH3 is 1. The van der Waals surface area contributed by atoms with E-state index in [2.05, 4.69) is 5.32 Å². The zero-order chi connectivity index (χ0) is 16.8. The highest BCUT2D eigenvalue weighted by Gasteiger charge is 2.09. The summed E-state index contributed by atoms with van der Waals surface area (Å²) in [7, 11) is 1.49. The smallest absolute Gasteiger partial charge is 0.262 e. The zero-order valence-electron chi connectivity index (χ0n) is 12.2. The zero-order valence-corrected chi connectivity index (χ0v) is 12.9. The number of hydrogen-bond acceptors (Lipinski definition) is 5. The number of ether oxygens (including phenoxy) is 2. The van der Waals surface area contributed by atoms with Crippen LogP contribution in [-0.4, -0.2) is 25.6 Å². The summed E-state index contributed by atoms with van der Waals surface area (Å²) in [6, 6.07) is 10.7. The molecule has 0 aliphatic carbocycles. The molecule has 0 fully saturated rings. The lowest BCUT2D eigenvalue weighted by Crippen LogP contribution is -2.25. The number of para-hydroxylation sites is 1. The average molecular weight is 335 g/mol. The highest BCUT2D eigenvalue weighted by atomic mass is 35.5. The summed E-state index contributed by atoms with van der Waals surface area (Å²) in [5, 5.41) is 13.9. The molecule has 23 heavy (non-hydrogen) atoms. The molecule has 0 aromatic heterocycles. The molecule has 2 rings (SSSR count). The Balaban J connectivity index is 1.98. The van der Waals surface area contributed by atoms with Crippen LogP contribution in [0.25, 0.3) is 0 Å². The van der Waals surface area contributed by atoms with E-state index in [0.29, 0.717) is 16.5 Å². The maximum atomic E-state index is 11.9. The van der Waals surface area contributed by atoms with Crippen LogP contribution in [-0.2, 0) is 4.79 Å². The first-order valence-electron chi connectivity index (χ1n) is 6.58. The minimum atomic E-state index is -1.37. The van der Waals surface area contributed by atoms with Crippen molar-refractivity contribution in [3.8, 4) is 11.5 Å². The first-order chi connectivity index (χ1) is 11.0. The van der Waals surface area contributed by atoms with Crippen molar-refractivity contribution in [2.24, 2.45) is 0 Å². The molecule has 0 unspecified atom stereocenters. The Labute approximate surface area is 137 Å². The number of carboxylic acids is 1. The SMILES string of the molecule is COc1ccc(NC(=O)COc2ccccc2C(=O)[O-])cc1Cl. The number of anilines is 1. The van der Waals surface area contributed by atoms with Crippen molar-refractivity contribution in [2.75, 3.05) is 19.0 Å². The normalized spacial score (nSPS) is 10.0. The van der Waals surface area contributed by atoms with Crippen LogP contribution in [0.1, 0.15) is 10.4 Å². The van der Waals surface area contributed by atoms with Crippen LogP contribution in [0.5, 0.6) is 11.5 Å². The van der Waals surface area contributed by atoms with E-state index < -0.39 is 11.9 Å². The third-order valence-electron chi connectivity index (χ3n) is 2.90. The van der Waals surface area contributed by atoms with Crippen molar-refractivity contribution < 1.29 is 24.2 Å². The van der Waals surface area contributed by atoms with E-state index in [9.17, 15) is 14.7 Å². The molecule has 0 heterocycles. The van der Waals surface area contributed by atoms with Crippen molar-refractivity contribution in [2.45, 2.75) is 0 Å². The Bertz CT molecular complexity index is 732. The van der Waals surface area contributed by atoms with E-state index in [4.69, 9.17) is 21.1 Å². The molecule has 0 aliphatic rings. The predicted molar refractivity (Wildman–Crippen MR) is 82.9 cm³/mol. The van der Waals surface area contributed by atoms with E-state index in [0.717, 1.165) is 0 Å². The van der Waals surface area contributed by atoms with Crippen molar-refractivity contribution in [1.29, 1.82) is 0 Å². The van der Waals surface area contributed by atoms with Gasteiger partial charge in [-0.2, -0.15) is 0 Å². The van der Waals surface area contributed by atoms with E-state index in [-0.39, 0.29) is 17.9 Å². The van der Waals surface area contributed by atoms with Gasteiger partial charge in [0, 0.05) is 11.3 Å². The number of amides is 1. The van der Waals surface area contributed by atoms with Crippen LogP contribution in [0.15, 0.2) is 42.5 Å². The summed E-state index contributed by atoms with van der Waals surface area (Å²) in [6.07, 6.45) is 0. The summed E-state index contributed by atoms with van der Waals surface area (Å²) >= 11 is 5.96. The molecule has 0 radical (unpaired) electrons. The minimum Gasteiger partial charge on any atom is -0.545 e. The van der Waals surface area contributed by atoms with E-state index in [1.54, 1.807) is 18.2 Å². The number of carbonyl (C=O) groups excluding carboxylic acids is 2. The second-order valence-corrected chi connectivity index (χ2v) is 4.88. The molecule has 0 saturated heterocycles. The molecule has 0 spiro atoms. The number of carboxylic acid groups (broad SMARTS) is 1. The predicted octanol–water partition coefficient (Wildman–Crippen LogP) is 1.73. The molecule has 0 aliphatic heterocycles. The van der Waals surface area contributed by atoms with E-state index in [1.807, 2.05) is 0 Å². The Kier molecular flexibility index (Phi) is 5.43. The van der Waals surface area contributed by atoms with Gasteiger partial charge < -0.3 is 24.7 Å². The van der Waals surface area contributed by atoms with E-state index >= 15 is 0 Å². The molecular weight excluding hydrogens is 322 g/mol. The first kappa shape index (κ1) is 16.6. The number of benzene rings is 2. The Morgan fingerprint density at radius 3 is 2.57 bits per heavy atom. The van der Waals surface area contributed by atoms with Gasteiger partial charge in [0.15, 0.2) is 6.61 Å². The summed E-state index contributed by atoms with van der Waals surface area (Å²) in [6.45, 7) is -0.353. The van der Waals surface area contributed by atoms with Crippen molar-refractivity contribution in [3.05, 3.63) is 53.1 Å². The molecule has 6 nitrogen and oxygen atoms in total. The molecule has 2 aromatic rings. The van der Waals surface area contributed by atoms with Crippen LogP contribution in [0.4, 0.5) is 5.69 Å². The Hall–Kier alpha value is -2.73. The number of aromatic carboxylic acids is 1. The monoisotopic (exact) mass is 334 g/mol. The third kappa shape index (κ3) is 4.37. The van der Waals surface area contributed by atoms with Gasteiger partial charge in [-0.15, -0.1) is 0 Å². The fourth-order valence-electron chi connectivity index (χ4n) is 1.85. The average Bonchev–Trinajstić information content (AvgIpc) is 2.53. The summed E-state index contributed by atoms with van der Waals surface area (Å²) in [5.74, 6) is -1.28. The first-order valence-corrected chi connectivity index (χ1v) is 6.95. The van der Waals surface area contributed by atoms with Crippen molar-refractivity contribution in [1.82, 2.24) is 0 Å². The van der Waals surface area contributed by atoms with Gasteiger partial charge in [-0.25, -0.2) is 0 Å². The lowest BCUT2D eigenvalue weighted by atomic mass is 10.2. The largest absolute Gasteiger partial charge is 0.545 e. The second-order valence-electron chi connectivity index (χ2n) is 4.47. The molecule has 0 saturated carbocycles. The number of nitrogens with one attached hydrogen (secondary N) is 1. The lowest BCUT2D eigenvalue weighted by molar-refractivity contribution is -0.255. The highest BCUT2D eigenvalue weighted by Crippen LogP contribution is 2.27. The molecular formula is C16H13ClNO5-. The fraction of sp³-hybridized carbons (Fsp3) is 0.125. The van der Waals surface area contributed by atoms with Crippen molar-refractivity contribution in [3.63, 3.8) is 0 Å². The van der Waals surface area contributed by atoms with Crippen LogP contribution in [0.3, 0.4) is 0 Å². The summed E-state index contributed by atoms with van der Waals surface area (Å²) in [4.78, 5) is 22.8. The lowest BCUT2D eigenvalue weighted by Gasteiger charge is -2.12. The van der Waals surface area contributed by atoms with Crippen LogP contribution in [0, 0.1) is 0 Å². The molecule has 7 heteroatoms. The summed E-state index contributed by atoms with van der Waals surface area (Å²) in [5.41, 5.74) is 0.352. The van der Waals surface area contributed by atoms with Gasteiger partial charge in [0.2, 0.25) is 0 Å². The standard InChI is InChI=1S/C16H14ClNO5/c1-22-14-7-6-10(8-12(14)17)18-15(19)9-23-13-5-3-2-4-11(13)16(20)21/h2-8H,9H2,1H3,(H,18,19)(H,20,21)/p-1.